The van der Waals surface area contributed by atoms with Crippen molar-refractivity contribution in [3.05, 3.63) is 23.2 Å². The fourth-order valence-electron chi connectivity index (χ4n) is 3.62. The van der Waals surface area contributed by atoms with E-state index in [1.807, 2.05) is 25.2 Å². The standard InChI is InChI=1S/C19H29ClN4O2/c1-21-19(22-9-7-16-4-3-11-26-16)23-15-8-10-24(13-15)17-12-14(20)5-6-18(17)25-2/h5-6,12,15-16H,3-4,7-11,13H2,1-2H3,(H2,21,22,23). The van der Waals surface area contributed by atoms with Gasteiger partial charge in [0.05, 0.1) is 18.9 Å². The molecule has 2 N–H and O–H groups in total. The molecule has 0 aromatic heterocycles. The van der Waals surface area contributed by atoms with E-state index < -0.39 is 0 Å². The topological polar surface area (TPSA) is 58.1 Å². The molecule has 6 nitrogen and oxygen atoms in total. The summed E-state index contributed by atoms with van der Waals surface area (Å²) in [5, 5.41) is 7.66. The minimum absolute atomic E-state index is 0.340. The molecule has 0 aliphatic carbocycles. The van der Waals surface area contributed by atoms with Crippen molar-refractivity contribution < 1.29 is 9.47 Å². The maximum atomic E-state index is 6.17. The minimum atomic E-state index is 0.340. The third-order valence-corrected chi connectivity index (χ3v) is 5.25. The van der Waals surface area contributed by atoms with E-state index in [4.69, 9.17) is 21.1 Å². The maximum Gasteiger partial charge on any atom is 0.191 e. The Morgan fingerprint density at radius 1 is 1.42 bits per heavy atom. The molecule has 2 aliphatic rings. The normalized spacial score (nSPS) is 23.3. The largest absolute Gasteiger partial charge is 0.495 e. The van der Waals surface area contributed by atoms with E-state index in [0.29, 0.717) is 12.1 Å². The highest BCUT2D eigenvalue weighted by atomic mass is 35.5. The molecule has 1 aromatic carbocycles. The van der Waals surface area contributed by atoms with Crippen LogP contribution in [0.5, 0.6) is 5.75 Å². The number of ether oxygens (including phenoxy) is 2. The molecule has 0 spiro atoms. The lowest BCUT2D eigenvalue weighted by Gasteiger charge is -2.22. The predicted molar refractivity (Wildman–Crippen MR) is 107 cm³/mol. The van der Waals surface area contributed by atoms with Crippen LogP contribution < -0.4 is 20.3 Å². The molecule has 2 saturated heterocycles. The zero-order valence-corrected chi connectivity index (χ0v) is 16.4. The Bertz CT molecular complexity index is 620. The molecule has 2 heterocycles. The monoisotopic (exact) mass is 380 g/mol. The predicted octanol–water partition coefficient (Wildman–Crippen LogP) is 2.66. The highest BCUT2D eigenvalue weighted by molar-refractivity contribution is 6.30. The second kappa shape index (κ2) is 9.33. The fraction of sp³-hybridized carbons (Fsp3) is 0.632. The van der Waals surface area contributed by atoms with E-state index in [-0.39, 0.29) is 0 Å². The molecule has 0 amide bonds. The third-order valence-electron chi connectivity index (χ3n) is 5.02. The first-order valence-electron chi connectivity index (χ1n) is 9.37. The summed E-state index contributed by atoms with van der Waals surface area (Å²) >= 11 is 6.17. The van der Waals surface area contributed by atoms with Gasteiger partial charge in [-0.05, 0) is 43.9 Å². The number of anilines is 1. The van der Waals surface area contributed by atoms with Gasteiger partial charge in [0, 0.05) is 44.4 Å². The van der Waals surface area contributed by atoms with Crippen molar-refractivity contribution in [3.63, 3.8) is 0 Å². The molecule has 2 aliphatic heterocycles. The number of hydrogen-bond acceptors (Lipinski definition) is 4. The summed E-state index contributed by atoms with van der Waals surface area (Å²) in [6.07, 6.45) is 4.83. The van der Waals surface area contributed by atoms with Crippen molar-refractivity contribution in [1.29, 1.82) is 0 Å². The average Bonchev–Trinajstić information content (AvgIpc) is 3.32. The Balaban J connectivity index is 1.49. The highest BCUT2D eigenvalue weighted by Crippen LogP contribution is 2.33. The number of halogens is 1. The van der Waals surface area contributed by atoms with Crippen molar-refractivity contribution in [2.45, 2.75) is 37.8 Å². The van der Waals surface area contributed by atoms with Crippen LogP contribution in [0.4, 0.5) is 5.69 Å². The molecule has 26 heavy (non-hydrogen) atoms. The quantitative estimate of drug-likeness (QED) is 0.587. The first-order valence-corrected chi connectivity index (χ1v) is 9.74. The molecule has 0 radical (unpaired) electrons. The van der Waals surface area contributed by atoms with Crippen LogP contribution >= 0.6 is 11.6 Å². The molecule has 144 valence electrons. The Kier molecular flexibility index (Phi) is 6.86. The number of rotatable bonds is 6. The van der Waals surface area contributed by atoms with E-state index >= 15 is 0 Å². The van der Waals surface area contributed by atoms with Gasteiger partial charge in [-0.3, -0.25) is 4.99 Å². The Morgan fingerprint density at radius 3 is 3.04 bits per heavy atom. The van der Waals surface area contributed by atoms with Crippen molar-refractivity contribution in [2.75, 3.05) is 45.3 Å². The molecule has 1 aromatic rings. The van der Waals surface area contributed by atoms with Crippen LogP contribution in [0.3, 0.4) is 0 Å². The third kappa shape index (κ3) is 4.95. The van der Waals surface area contributed by atoms with Gasteiger partial charge in [0.15, 0.2) is 5.96 Å². The fourth-order valence-corrected chi connectivity index (χ4v) is 3.79. The summed E-state index contributed by atoms with van der Waals surface area (Å²) < 4.78 is 11.2. The average molecular weight is 381 g/mol. The molecule has 2 unspecified atom stereocenters. The molecule has 2 atom stereocenters. The number of nitrogens with zero attached hydrogens (tertiary/aromatic N) is 2. The van der Waals surface area contributed by atoms with Crippen LogP contribution in [0, 0.1) is 0 Å². The van der Waals surface area contributed by atoms with Gasteiger partial charge in [-0.25, -0.2) is 0 Å². The smallest absolute Gasteiger partial charge is 0.191 e. The second-order valence-electron chi connectivity index (χ2n) is 6.81. The summed E-state index contributed by atoms with van der Waals surface area (Å²) in [6.45, 7) is 3.63. The number of benzene rings is 1. The first kappa shape index (κ1) is 19.1. The van der Waals surface area contributed by atoms with Gasteiger partial charge in [0.25, 0.3) is 0 Å². The lowest BCUT2D eigenvalue weighted by molar-refractivity contribution is 0.105. The number of methoxy groups -OCH3 is 1. The first-order chi connectivity index (χ1) is 12.7. The molecule has 3 rings (SSSR count). The second-order valence-corrected chi connectivity index (χ2v) is 7.25. The van der Waals surface area contributed by atoms with Gasteiger partial charge in [-0.15, -0.1) is 0 Å². The van der Waals surface area contributed by atoms with Gasteiger partial charge < -0.3 is 25.0 Å². The summed E-state index contributed by atoms with van der Waals surface area (Å²) in [5.74, 6) is 1.71. The summed E-state index contributed by atoms with van der Waals surface area (Å²) in [6, 6.07) is 6.09. The van der Waals surface area contributed by atoms with Gasteiger partial charge >= 0.3 is 0 Å². The van der Waals surface area contributed by atoms with Crippen LogP contribution in [-0.2, 0) is 4.74 Å². The molecule has 0 bridgehead atoms. The number of hydrogen-bond donors (Lipinski definition) is 2. The van der Waals surface area contributed by atoms with Crippen molar-refractivity contribution in [2.24, 2.45) is 4.99 Å². The summed E-state index contributed by atoms with van der Waals surface area (Å²) in [7, 11) is 3.51. The number of aliphatic imine (C=N–C) groups is 1. The van der Waals surface area contributed by atoms with E-state index in [1.165, 1.54) is 12.8 Å². The van der Waals surface area contributed by atoms with Crippen LogP contribution in [0.25, 0.3) is 0 Å². The van der Waals surface area contributed by atoms with Gasteiger partial charge in [0.2, 0.25) is 0 Å². The summed E-state index contributed by atoms with van der Waals surface area (Å²) in [5.41, 5.74) is 1.05. The Labute approximate surface area is 160 Å². The minimum Gasteiger partial charge on any atom is -0.495 e. The Hall–Kier alpha value is -1.66. The summed E-state index contributed by atoms with van der Waals surface area (Å²) in [4.78, 5) is 6.66. The van der Waals surface area contributed by atoms with Gasteiger partial charge in [-0.1, -0.05) is 11.6 Å². The Morgan fingerprint density at radius 2 is 2.31 bits per heavy atom. The molecule has 2 fully saturated rings. The van der Waals surface area contributed by atoms with Gasteiger partial charge in [-0.2, -0.15) is 0 Å². The van der Waals surface area contributed by atoms with E-state index in [0.717, 1.165) is 61.5 Å². The van der Waals surface area contributed by atoms with Crippen LogP contribution in [-0.4, -0.2) is 58.5 Å². The van der Waals surface area contributed by atoms with E-state index in [2.05, 4.69) is 20.5 Å². The van der Waals surface area contributed by atoms with Crippen LogP contribution in [0.15, 0.2) is 23.2 Å². The zero-order chi connectivity index (χ0) is 18.4. The van der Waals surface area contributed by atoms with Crippen LogP contribution in [0.1, 0.15) is 25.7 Å². The van der Waals surface area contributed by atoms with Crippen molar-refractivity contribution in [3.8, 4) is 5.75 Å². The highest BCUT2D eigenvalue weighted by Gasteiger charge is 2.25. The SMILES string of the molecule is CN=C(NCCC1CCCO1)NC1CCN(c2cc(Cl)ccc2OC)C1. The van der Waals surface area contributed by atoms with Crippen molar-refractivity contribution in [1.82, 2.24) is 10.6 Å². The zero-order valence-electron chi connectivity index (χ0n) is 15.6. The van der Waals surface area contributed by atoms with E-state index in [1.54, 1.807) is 7.11 Å². The lowest BCUT2D eigenvalue weighted by atomic mass is 10.2. The number of guanidine groups is 1. The number of nitrogens with one attached hydrogen (secondary N) is 2. The molecule has 7 heteroatoms. The molecular weight excluding hydrogens is 352 g/mol. The molecular formula is C19H29ClN4O2. The molecule has 0 saturated carbocycles. The maximum absolute atomic E-state index is 6.17. The van der Waals surface area contributed by atoms with Gasteiger partial charge in [0.1, 0.15) is 5.75 Å². The van der Waals surface area contributed by atoms with Crippen LogP contribution in [0.2, 0.25) is 5.02 Å². The lowest BCUT2D eigenvalue weighted by Crippen LogP contribution is -2.45. The van der Waals surface area contributed by atoms with Crippen molar-refractivity contribution >= 4 is 23.2 Å². The van der Waals surface area contributed by atoms with E-state index in [9.17, 15) is 0 Å².